The lowest BCUT2D eigenvalue weighted by atomic mass is 9.81. The molecule has 2 heterocycles. The minimum absolute atomic E-state index is 0.0693. The number of carbonyl (C=O) groups excluding carboxylic acids is 2. The van der Waals surface area contributed by atoms with Gasteiger partial charge in [0, 0.05) is 24.8 Å². The van der Waals surface area contributed by atoms with Crippen LogP contribution >= 0.6 is 0 Å². The number of hydrogen-bond donors (Lipinski definition) is 1. The summed E-state index contributed by atoms with van der Waals surface area (Å²) in [7, 11) is 2.26. The van der Waals surface area contributed by atoms with Crippen molar-refractivity contribution < 1.29 is 24.0 Å². The first-order valence-corrected chi connectivity index (χ1v) is 11.5. The third-order valence-corrected chi connectivity index (χ3v) is 6.48. The monoisotopic (exact) mass is 503 g/mol. The number of hydrogen-bond acceptors (Lipinski definition) is 10. The highest BCUT2D eigenvalue weighted by molar-refractivity contribution is 6.07. The van der Waals surface area contributed by atoms with E-state index in [2.05, 4.69) is 4.90 Å². The molecule has 37 heavy (non-hydrogen) atoms. The fraction of sp³-hybridized carbons (Fsp3) is 0.269. The van der Waals surface area contributed by atoms with Gasteiger partial charge in [0.15, 0.2) is 0 Å². The Labute approximate surface area is 213 Å². The van der Waals surface area contributed by atoms with E-state index >= 15 is 0 Å². The maximum absolute atomic E-state index is 13.3. The zero-order valence-corrected chi connectivity index (χ0v) is 20.3. The van der Waals surface area contributed by atoms with Gasteiger partial charge in [-0.3, -0.25) is 15.0 Å². The molecule has 11 heteroatoms. The summed E-state index contributed by atoms with van der Waals surface area (Å²) in [4.78, 5) is 41.0. The van der Waals surface area contributed by atoms with E-state index < -0.39 is 22.8 Å². The third-order valence-electron chi connectivity index (χ3n) is 6.48. The molecule has 0 saturated carbocycles. The molecule has 0 bridgehead atoms. The normalized spacial score (nSPS) is 17.5. The van der Waals surface area contributed by atoms with Crippen LogP contribution in [0.2, 0.25) is 0 Å². The van der Waals surface area contributed by atoms with Crippen LogP contribution in [0.3, 0.4) is 0 Å². The van der Waals surface area contributed by atoms with Gasteiger partial charge in [0.05, 0.1) is 42.3 Å². The van der Waals surface area contributed by atoms with Crippen LogP contribution in [0.25, 0.3) is 0 Å². The van der Waals surface area contributed by atoms with E-state index in [9.17, 15) is 25.0 Å². The summed E-state index contributed by atoms with van der Waals surface area (Å²) < 4.78 is 10.0. The number of carbonyl (C=O) groups is 2. The number of methoxy groups -OCH3 is 2. The Hall–Kier alpha value is -4.85. The number of esters is 2. The number of nitriles is 1. The Morgan fingerprint density at radius 1 is 1.08 bits per heavy atom. The van der Waals surface area contributed by atoms with E-state index in [1.54, 1.807) is 36.4 Å². The molecule has 0 aliphatic carbocycles. The van der Waals surface area contributed by atoms with Crippen LogP contribution in [0, 0.1) is 21.4 Å². The van der Waals surface area contributed by atoms with Gasteiger partial charge in [-0.05, 0) is 30.5 Å². The number of benzene rings is 2. The molecule has 1 fully saturated rings. The second-order valence-electron chi connectivity index (χ2n) is 8.46. The van der Waals surface area contributed by atoms with Gasteiger partial charge in [-0.1, -0.05) is 30.3 Å². The van der Waals surface area contributed by atoms with Gasteiger partial charge in [0.25, 0.3) is 5.69 Å². The van der Waals surface area contributed by atoms with Crippen molar-refractivity contribution in [3.8, 4) is 6.07 Å². The highest BCUT2D eigenvalue weighted by Crippen LogP contribution is 2.46. The van der Waals surface area contributed by atoms with Crippen molar-refractivity contribution in [2.75, 3.05) is 37.1 Å². The zero-order valence-electron chi connectivity index (χ0n) is 20.3. The first-order chi connectivity index (χ1) is 17.8. The summed E-state index contributed by atoms with van der Waals surface area (Å²) >= 11 is 0. The lowest BCUT2D eigenvalue weighted by Crippen LogP contribution is -2.41. The van der Waals surface area contributed by atoms with E-state index in [-0.39, 0.29) is 34.0 Å². The lowest BCUT2D eigenvalue weighted by molar-refractivity contribution is -0.384. The minimum Gasteiger partial charge on any atom is -0.466 e. The second kappa shape index (κ2) is 10.4. The topological polar surface area (TPSA) is 152 Å². The Morgan fingerprint density at radius 3 is 2.30 bits per heavy atom. The van der Waals surface area contributed by atoms with Crippen molar-refractivity contribution in [1.82, 2.24) is 0 Å². The Kier molecular flexibility index (Phi) is 7.11. The van der Waals surface area contributed by atoms with Gasteiger partial charge in [0.1, 0.15) is 17.2 Å². The molecule has 2 aromatic rings. The molecule has 0 aromatic heterocycles. The summed E-state index contributed by atoms with van der Waals surface area (Å²) in [6.07, 6.45) is 1.93. The van der Waals surface area contributed by atoms with Crippen LogP contribution in [0.15, 0.2) is 71.2 Å². The molecular weight excluding hydrogens is 478 g/mol. The molecule has 2 aliphatic rings. The molecule has 2 aliphatic heterocycles. The van der Waals surface area contributed by atoms with Crippen molar-refractivity contribution in [3.63, 3.8) is 0 Å². The van der Waals surface area contributed by atoms with E-state index in [0.717, 1.165) is 45.1 Å². The maximum Gasteiger partial charge on any atom is 0.355 e. The average molecular weight is 504 g/mol. The van der Waals surface area contributed by atoms with E-state index in [1.165, 1.54) is 12.1 Å². The van der Waals surface area contributed by atoms with Crippen LogP contribution in [-0.4, -0.2) is 44.2 Å². The summed E-state index contributed by atoms with van der Waals surface area (Å²) in [5.74, 6) is -3.17. The molecule has 1 atom stereocenters. The predicted octanol–water partition coefficient (Wildman–Crippen LogP) is 3.09. The molecule has 190 valence electrons. The SMILES string of the molecule is COC(=O)C1=C(C(=O)OC)N(c2cc(N3CCCC3)ccc2[N+](=O)[O-])C(N)=C(C#N)C1c1ccccc1. The van der Waals surface area contributed by atoms with Crippen LogP contribution in [-0.2, 0) is 19.1 Å². The van der Waals surface area contributed by atoms with Gasteiger partial charge >= 0.3 is 11.9 Å². The molecule has 11 nitrogen and oxygen atoms in total. The van der Waals surface area contributed by atoms with Gasteiger partial charge in [-0.15, -0.1) is 0 Å². The molecule has 0 amide bonds. The van der Waals surface area contributed by atoms with Gasteiger partial charge in [0.2, 0.25) is 0 Å². The van der Waals surface area contributed by atoms with Gasteiger partial charge in [-0.25, -0.2) is 9.59 Å². The number of rotatable bonds is 6. The second-order valence-corrected chi connectivity index (χ2v) is 8.46. The predicted molar refractivity (Wildman–Crippen MR) is 134 cm³/mol. The smallest absolute Gasteiger partial charge is 0.355 e. The number of nitro groups is 1. The van der Waals surface area contributed by atoms with E-state index in [4.69, 9.17) is 15.2 Å². The summed E-state index contributed by atoms with van der Waals surface area (Å²) in [6, 6.07) is 15.1. The van der Waals surface area contributed by atoms with Crippen LogP contribution in [0.1, 0.15) is 24.3 Å². The van der Waals surface area contributed by atoms with Gasteiger partial charge in [-0.2, -0.15) is 5.26 Å². The molecule has 0 spiro atoms. The molecule has 2 aromatic carbocycles. The summed E-state index contributed by atoms with van der Waals surface area (Å²) in [5, 5.41) is 22.2. The van der Waals surface area contributed by atoms with Gasteiger partial charge < -0.3 is 20.1 Å². The first kappa shape index (κ1) is 25.2. The highest BCUT2D eigenvalue weighted by atomic mass is 16.6. The Bertz CT molecular complexity index is 1360. The van der Waals surface area contributed by atoms with Crippen molar-refractivity contribution in [2.24, 2.45) is 5.73 Å². The molecule has 1 saturated heterocycles. The largest absolute Gasteiger partial charge is 0.466 e. The first-order valence-electron chi connectivity index (χ1n) is 11.5. The van der Waals surface area contributed by atoms with Crippen LogP contribution in [0.5, 0.6) is 0 Å². The number of nitrogens with zero attached hydrogens (tertiary/aromatic N) is 4. The maximum atomic E-state index is 13.3. The number of ether oxygens (including phenoxy) is 2. The number of allylic oxidation sites excluding steroid dienone is 1. The average Bonchev–Trinajstić information content (AvgIpc) is 3.46. The quantitative estimate of drug-likeness (QED) is 0.353. The minimum atomic E-state index is -1.06. The molecule has 4 rings (SSSR count). The standard InChI is InChI=1S/C26H25N5O6/c1-36-25(32)22-21(16-8-4-3-5-9-16)18(15-27)24(28)30(23(22)26(33)37-2)20-14-17(29-12-6-7-13-29)10-11-19(20)31(34)35/h3-5,8-11,14,21H,6-7,12-13,28H2,1-2H3. The Balaban J connectivity index is 2.08. The highest BCUT2D eigenvalue weighted by Gasteiger charge is 2.44. The number of anilines is 2. The van der Waals surface area contributed by atoms with Crippen molar-refractivity contribution in [2.45, 2.75) is 18.8 Å². The molecule has 1 unspecified atom stereocenters. The van der Waals surface area contributed by atoms with Crippen LogP contribution in [0.4, 0.5) is 17.1 Å². The summed E-state index contributed by atoms with van der Waals surface area (Å²) in [5.41, 5.74) is 6.60. The molecule has 0 radical (unpaired) electrons. The zero-order chi connectivity index (χ0) is 26.7. The van der Waals surface area contributed by atoms with Crippen LogP contribution < -0.4 is 15.5 Å². The number of nitro benzene ring substituents is 1. The lowest BCUT2D eigenvalue weighted by Gasteiger charge is -2.35. The fourth-order valence-electron chi connectivity index (χ4n) is 4.78. The molecule has 2 N–H and O–H groups in total. The van der Waals surface area contributed by atoms with E-state index in [0.29, 0.717) is 11.3 Å². The van der Waals surface area contributed by atoms with Crippen molar-refractivity contribution in [1.29, 1.82) is 5.26 Å². The summed E-state index contributed by atoms with van der Waals surface area (Å²) in [6.45, 7) is 1.52. The van der Waals surface area contributed by atoms with Crippen molar-refractivity contribution >= 4 is 29.0 Å². The third kappa shape index (κ3) is 4.45. The van der Waals surface area contributed by atoms with Crippen molar-refractivity contribution in [3.05, 3.63) is 86.9 Å². The molecular formula is C26H25N5O6. The Morgan fingerprint density at radius 2 is 1.73 bits per heavy atom. The fourth-order valence-corrected chi connectivity index (χ4v) is 4.78. The van der Waals surface area contributed by atoms with E-state index in [1.807, 2.05) is 6.07 Å². The number of nitrogens with two attached hydrogens (primary N) is 1.